The summed E-state index contributed by atoms with van der Waals surface area (Å²) < 4.78 is 24.9. The number of nitrogens with two attached hydrogens (primary N) is 1. The molecule has 1 aliphatic rings. The van der Waals surface area contributed by atoms with Crippen LogP contribution >= 0.6 is 0 Å². The van der Waals surface area contributed by atoms with E-state index in [1.165, 1.54) is 0 Å². The molecule has 0 aromatic rings. The first-order valence-corrected chi connectivity index (χ1v) is 6.42. The van der Waals surface area contributed by atoms with E-state index in [0.717, 1.165) is 19.3 Å². The van der Waals surface area contributed by atoms with Crippen LogP contribution in [-0.4, -0.2) is 37.6 Å². The zero-order valence-electron chi connectivity index (χ0n) is 8.07. The molecule has 4 nitrogen and oxygen atoms in total. The second-order valence-electron chi connectivity index (χ2n) is 3.42. The number of sulfonamides is 1. The van der Waals surface area contributed by atoms with Crippen LogP contribution in [-0.2, 0) is 10.0 Å². The molecule has 0 radical (unpaired) electrons. The molecular formula is C8H18N2O2S. The minimum absolute atomic E-state index is 0.0868. The molecule has 1 atom stereocenters. The largest absolute Gasteiger partial charge is 0.329 e. The fourth-order valence-electron chi connectivity index (χ4n) is 1.85. The summed E-state index contributed by atoms with van der Waals surface area (Å²) in [5.74, 6) is 0.0868. The Bertz CT molecular complexity index is 251. The first-order valence-electron chi connectivity index (χ1n) is 4.81. The van der Waals surface area contributed by atoms with Gasteiger partial charge in [0.2, 0.25) is 10.0 Å². The van der Waals surface area contributed by atoms with Gasteiger partial charge in [0.25, 0.3) is 0 Å². The Morgan fingerprint density at radius 3 is 2.77 bits per heavy atom. The van der Waals surface area contributed by atoms with Crippen LogP contribution in [0.15, 0.2) is 0 Å². The van der Waals surface area contributed by atoms with Crippen LogP contribution in [0.3, 0.4) is 0 Å². The lowest BCUT2D eigenvalue weighted by Gasteiger charge is -2.22. The van der Waals surface area contributed by atoms with Gasteiger partial charge in [0.15, 0.2) is 0 Å². The van der Waals surface area contributed by atoms with Gasteiger partial charge in [-0.1, -0.05) is 6.92 Å². The van der Waals surface area contributed by atoms with Gasteiger partial charge in [-0.2, -0.15) is 4.31 Å². The minimum Gasteiger partial charge on any atom is -0.329 e. The first-order chi connectivity index (χ1) is 6.11. The topological polar surface area (TPSA) is 63.4 Å². The van der Waals surface area contributed by atoms with E-state index >= 15 is 0 Å². The van der Waals surface area contributed by atoms with Gasteiger partial charge >= 0.3 is 0 Å². The molecule has 0 spiro atoms. The Kier molecular flexibility index (Phi) is 3.70. The number of hydrogen-bond acceptors (Lipinski definition) is 3. The highest BCUT2D eigenvalue weighted by Gasteiger charge is 2.31. The molecule has 1 fully saturated rings. The van der Waals surface area contributed by atoms with E-state index in [2.05, 4.69) is 0 Å². The summed E-state index contributed by atoms with van der Waals surface area (Å²) in [6.45, 7) is 2.93. The molecule has 13 heavy (non-hydrogen) atoms. The highest BCUT2D eigenvalue weighted by Crippen LogP contribution is 2.23. The molecule has 2 N–H and O–H groups in total. The molecule has 0 aromatic carbocycles. The summed E-state index contributed by atoms with van der Waals surface area (Å²) in [6.07, 6.45) is 2.90. The maximum atomic E-state index is 11.6. The Hall–Kier alpha value is -0.130. The Morgan fingerprint density at radius 2 is 2.23 bits per heavy atom. The zero-order valence-corrected chi connectivity index (χ0v) is 8.89. The molecule has 1 rings (SSSR count). The molecule has 5 heteroatoms. The van der Waals surface area contributed by atoms with Crippen molar-refractivity contribution in [2.75, 3.05) is 18.8 Å². The van der Waals surface area contributed by atoms with Crippen LogP contribution in [0.1, 0.15) is 26.2 Å². The molecule has 78 valence electrons. The van der Waals surface area contributed by atoms with Crippen LogP contribution in [0.5, 0.6) is 0 Å². The van der Waals surface area contributed by atoms with Crippen molar-refractivity contribution in [3.63, 3.8) is 0 Å². The van der Waals surface area contributed by atoms with Crippen molar-refractivity contribution in [3.8, 4) is 0 Å². The second-order valence-corrected chi connectivity index (χ2v) is 5.46. The first kappa shape index (κ1) is 10.9. The van der Waals surface area contributed by atoms with Crippen molar-refractivity contribution in [2.24, 2.45) is 5.73 Å². The second kappa shape index (κ2) is 4.39. The van der Waals surface area contributed by atoms with Crippen molar-refractivity contribution in [2.45, 2.75) is 32.2 Å². The van der Waals surface area contributed by atoms with Crippen LogP contribution in [0, 0.1) is 0 Å². The predicted molar refractivity (Wildman–Crippen MR) is 52.9 cm³/mol. The van der Waals surface area contributed by atoms with Gasteiger partial charge in [-0.25, -0.2) is 8.42 Å². The number of rotatable bonds is 4. The van der Waals surface area contributed by atoms with Crippen molar-refractivity contribution in [3.05, 3.63) is 0 Å². The van der Waals surface area contributed by atoms with E-state index in [1.807, 2.05) is 6.92 Å². The van der Waals surface area contributed by atoms with Gasteiger partial charge in [-0.15, -0.1) is 0 Å². The monoisotopic (exact) mass is 206 g/mol. The summed E-state index contributed by atoms with van der Waals surface area (Å²) in [6, 6.07) is 0.219. The SMILES string of the molecule is CCC1CCCN1S(=O)(=O)CCN. The van der Waals surface area contributed by atoms with Gasteiger partial charge < -0.3 is 5.73 Å². The summed E-state index contributed by atoms with van der Waals surface area (Å²) in [7, 11) is -3.06. The minimum atomic E-state index is -3.06. The molecule has 1 unspecified atom stereocenters. The highest BCUT2D eigenvalue weighted by molar-refractivity contribution is 7.89. The molecule has 1 aliphatic heterocycles. The van der Waals surface area contributed by atoms with Crippen LogP contribution < -0.4 is 5.73 Å². The van der Waals surface area contributed by atoms with E-state index in [0.29, 0.717) is 6.54 Å². The average Bonchev–Trinajstić information content (AvgIpc) is 2.51. The lowest BCUT2D eigenvalue weighted by molar-refractivity contribution is 0.380. The summed E-state index contributed by atoms with van der Waals surface area (Å²) in [5, 5.41) is 0. The third-order valence-electron chi connectivity index (χ3n) is 2.53. The van der Waals surface area contributed by atoms with Crippen LogP contribution in [0.2, 0.25) is 0 Å². The van der Waals surface area contributed by atoms with Crippen LogP contribution in [0.4, 0.5) is 0 Å². The van der Waals surface area contributed by atoms with Gasteiger partial charge in [-0.05, 0) is 19.3 Å². The average molecular weight is 206 g/mol. The zero-order chi connectivity index (χ0) is 9.90. The Balaban J connectivity index is 2.69. The van der Waals surface area contributed by atoms with Gasteiger partial charge in [-0.3, -0.25) is 0 Å². The maximum Gasteiger partial charge on any atom is 0.215 e. The maximum absolute atomic E-state index is 11.6. The molecular weight excluding hydrogens is 188 g/mol. The van der Waals surface area contributed by atoms with Crippen molar-refractivity contribution in [1.82, 2.24) is 4.31 Å². The van der Waals surface area contributed by atoms with Crippen molar-refractivity contribution < 1.29 is 8.42 Å². The molecule has 0 aromatic heterocycles. The normalized spacial score (nSPS) is 25.2. The molecule has 1 heterocycles. The van der Waals surface area contributed by atoms with E-state index < -0.39 is 10.0 Å². The van der Waals surface area contributed by atoms with Crippen LogP contribution in [0.25, 0.3) is 0 Å². The third kappa shape index (κ3) is 2.42. The molecule has 1 saturated heterocycles. The summed E-state index contributed by atoms with van der Waals surface area (Å²) >= 11 is 0. The third-order valence-corrected chi connectivity index (χ3v) is 4.47. The molecule has 0 amide bonds. The fourth-order valence-corrected chi connectivity index (χ4v) is 3.50. The lowest BCUT2D eigenvalue weighted by atomic mass is 10.2. The van der Waals surface area contributed by atoms with Gasteiger partial charge in [0, 0.05) is 19.1 Å². The Labute approximate surface area is 80.1 Å². The van der Waals surface area contributed by atoms with E-state index in [9.17, 15) is 8.42 Å². The van der Waals surface area contributed by atoms with E-state index in [-0.39, 0.29) is 18.3 Å². The quantitative estimate of drug-likeness (QED) is 0.712. The summed E-state index contributed by atoms with van der Waals surface area (Å²) in [4.78, 5) is 0. The fraction of sp³-hybridized carbons (Fsp3) is 1.00. The smallest absolute Gasteiger partial charge is 0.215 e. The standard InChI is InChI=1S/C8H18N2O2S/c1-2-8-4-3-6-10(8)13(11,12)7-5-9/h8H,2-7,9H2,1H3. The van der Waals surface area contributed by atoms with Gasteiger partial charge in [0.05, 0.1) is 5.75 Å². The van der Waals surface area contributed by atoms with E-state index in [4.69, 9.17) is 5.73 Å². The lowest BCUT2D eigenvalue weighted by Crippen LogP contribution is -2.38. The van der Waals surface area contributed by atoms with E-state index in [1.54, 1.807) is 4.31 Å². The predicted octanol–water partition coefficient (Wildman–Crippen LogP) is 0.149. The number of nitrogens with zero attached hydrogens (tertiary/aromatic N) is 1. The number of hydrogen-bond donors (Lipinski definition) is 1. The molecule has 0 bridgehead atoms. The summed E-state index contributed by atoms with van der Waals surface area (Å²) in [5.41, 5.74) is 5.26. The molecule has 0 saturated carbocycles. The Morgan fingerprint density at radius 1 is 1.54 bits per heavy atom. The van der Waals surface area contributed by atoms with Crippen molar-refractivity contribution >= 4 is 10.0 Å². The van der Waals surface area contributed by atoms with Crippen molar-refractivity contribution in [1.29, 1.82) is 0 Å². The highest BCUT2D eigenvalue weighted by atomic mass is 32.2. The molecule has 0 aliphatic carbocycles. The van der Waals surface area contributed by atoms with Gasteiger partial charge in [0.1, 0.15) is 0 Å².